The molecule has 0 saturated heterocycles. The number of amides is 1. The summed E-state index contributed by atoms with van der Waals surface area (Å²) < 4.78 is 9.16. The van der Waals surface area contributed by atoms with Crippen molar-refractivity contribution in [1.29, 1.82) is 0 Å². The van der Waals surface area contributed by atoms with Crippen molar-refractivity contribution in [1.82, 2.24) is 4.98 Å². The average molecular weight is 355 g/mol. The second-order valence-corrected chi connectivity index (χ2v) is 4.91. The van der Waals surface area contributed by atoms with Crippen LogP contribution in [0.5, 0.6) is 0 Å². The molecule has 0 spiro atoms. The Kier molecular flexibility index (Phi) is 6.44. The zero-order valence-electron chi connectivity index (χ0n) is 14.2. The summed E-state index contributed by atoms with van der Waals surface area (Å²) in [6.07, 6.45) is 2.49. The molecule has 26 heavy (non-hydrogen) atoms. The second-order valence-electron chi connectivity index (χ2n) is 4.91. The number of methoxy groups -OCH3 is 2. The topological polar surface area (TPSA) is 107 Å². The van der Waals surface area contributed by atoms with E-state index in [0.717, 1.165) is 6.08 Å². The standard InChI is InChI=1S/C18H17N3O5/c1-25-16(22)11-14(18(24)26-2)20-13-8-4-3-7-12(13)17(23)21-15-9-5-6-10-19-15/h3-11,20H,1-2H3,(H,19,21,23)/b14-11+. The van der Waals surface area contributed by atoms with E-state index < -0.39 is 17.8 Å². The molecular formula is C18H17N3O5. The Hall–Kier alpha value is -3.68. The number of nitrogens with zero attached hydrogens (tertiary/aromatic N) is 1. The van der Waals surface area contributed by atoms with Gasteiger partial charge in [0.1, 0.15) is 11.5 Å². The molecule has 0 aliphatic carbocycles. The minimum absolute atomic E-state index is 0.169. The molecule has 0 unspecified atom stereocenters. The maximum absolute atomic E-state index is 12.5. The first kappa shape index (κ1) is 18.7. The summed E-state index contributed by atoms with van der Waals surface area (Å²) in [5.41, 5.74) is 0.386. The summed E-state index contributed by atoms with van der Waals surface area (Å²) in [6, 6.07) is 11.6. The van der Waals surface area contributed by atoms with Gasteiger partial charge >= 0.3 is 11.9 Å². The lowest BCUT2D eigenvalue weighted by Gasteiger charge is -2.13. The summed E-state index contributed by atoms with van der Waals surface area (Å²) in [6.45, 7) is 0. The number of hydrogen-bond donors (Lipinski definition) is 2. The highest BCUT2D eigenvalue weighted by Crippen LogP contribution is 2.19. The highest BCUT2D eigenvalue weighted by atomic mass is 16.5. The van der Waals surface area contributed by atoms with E-state index >= 15 is 0 Å². The van der Waals surface area contributed by atoms with Crippen molar-refractivity contribution in [3.05, 3.63) is 66.0 Å². The van der Waals surface area contributed by atoms with E-state index in [4.69, 9.17) is 0 Å². The third-order valence-electron chi connectivity index (χ3n) is 3.22. The third-order valence-corrected chi connectivity index (χ3v) is 3.22. The Balaban J connectivity index is 2.29. The third kappa shape index (κ3) is 4.91. The number of para-hydroxylation sites is 1. The van der Waals surface area contributed by atoms with Crippen molar-refractivity contribution in [3.63, 3.8) is 0 Å². The van der Waals surface area contributed by atoms with Crippen molar-refractivity contribution in [2.45, 2.75) is 0 Å². The van der Waals surface area contributed by atoms with Crippen molar-refractivity contribution in [2.75, 3.05) is 24.9 Å². The molecule has 0 bridgehead atoms. The lowest BCUT2D eigenvalue weighted by atomic mass is 10.1. The monoisotopic (exact) mass is 355 g/mol. The number of ether oxygens (including phenoxy) is 2. The first-order chi connectivity index (χ1) is 12.5. The van der Waals surface area contributed by atoms with Crippen molar-refractivity contribution in [2.24, 2.45) is 0 Å². The van der Waals surface area contributed by atoms with E-state index in [2.05, 4.69) is 25.1 Å². The van der Waals surface area contributed by atoms with Gasteiger partial charge in [-0.25, -0.2) is 14.6 Å². The fraction of sp³-hybridized carbons (Fsp3) is 0.111. The Morgan fingerprint density at radius 3 is 2.35 bits per heavy atom. The van der Waals surface area contributed by atoms with Crippen LogP contribution in [0.3, 0.4) is 0 Å². The number of nitrogens with one attached hydrogen (secondary N) is 2. The smallest absolute Gasteiger partial charge is 0.354 e. The van der Waals surface area contributed by atoms with Crippen LogP contribution in [-0.4, -0.2) is 37.0 Å². The van der Waals surface area contributed by atoms with Crippen LogP contribution in [0.25, 0.3) is 0 Å². The molecule has 0 fully saturated rings. The van der Waals surface area contributed by atoms with Crippen LogP contribution >= 0.6 is 0 Å². The van der Waals surface area contributed by atoms with E-state index in [-0.39, 0.29) is 11.3 Å². The number of hydrogen-bond acceptors (Lipinski definition) is 7. The highest BCUT2D eigenvalue weighted by Gasteiger charge is 2.17. The maximum atomic E-state index is 12.5. The van der Waals surface area contributed by atoms with Crippen molar-refractivity contribution >= 4 is 29.4 Å². The van der Waals surface area contributed by atoms with Gasteiger partial charge in [-0.15, -0.1) is 0 Å². The number of carbonyl (C=O) groups is 3. The van der Waals surface area contributed by atoms with E-state index in [1.165, 1.54) is 14.2 Å². The van der Waals surface area contributed by atoms with Gasteiger partial charge in [0.2, 0.25) is 0 Å². The van der Waals surface area contributed by atoms with Gasteiger partial charge < -0.3 is 20.1 Å². The van der Waals surface area contributed by atoms with Gasteiger partial charge in [-0.3, -0.25) is 4.79 Å². The first-order valence-electron chi connectivity index (χ1n) is 7.51. The molecule has 0 saturated carbocycles. The number of anilines is 2. The summed E-state index contributed by atoms with van der Waals surface area (Å²) in [4.78, 5) is 39.9. The largest absolute Gasteiger partial charge is 0.466 e. The van der Waals surface area contributed by atoms with Gasteiger partial charge in [0, 0.05) is 6.20 Å². The zero-order valence-corrected chi connectivity index (χ0v) is 14.2. The molecule has 2 aromatic rings. The summed E-state index contributed by atoms with van der Waals surface area (Å²) in [7, 11) is 2.36. The summed E-state index contributed by atoms with van der Waals surface area (Å²) >= 11 is 0. The number of aromatic nitrogens is 1. The van der Waals surface area contributed by atoms with E-state index in [1.807, 2.05) is 0 Å². The molecule has 2 rings (SSSR count). The molecule has 1 amide bonds. The van der Waals surface area contributed by atoms with Crippen molar-refractivity contribution in [3.8, 4) is 0 Å². The molecule has 1 aromatic carbocycles. The molecule has 0 atom stereocenters. The maximum Gasteiger partial charge on any atom is 0.354 e. The fourth-order valence-corrected chi connectivity index (χ4v) is 1.99. The van der Waals surface area contributed by atoms with E-state index in [9.17, 15) is 14.4 Å². The first-order valence-corrected chi connectivity index (χ1v) is 7.51. The molecular weight excluding hydrogens is 338 g/mol. The second kappa shape index (κ2) is 8.97. The highest BCUT2D eigenvalue weighted by molar-refractivity contribution is 6.09. The normalized spacial score (nSPS) is 10.6. The van der Waals surface area contributed by atoms with Crippen LogP contribution in [0, 0.1) is 0 Å². The molecule has 134 valence electrons. The van der Waals surface area contributed by atoms with Crippen LogP contribution in [0.15, 0.2) is 60.4 Å². The number of esters is 2. The Morgan fingerprint density at radius 2 is 1.69 bits per heavy atom. The fourth-order valence-electron chi connectivity index (χ4n) is 1.99. The summed E-state index contributed by atoms with van der Waals surface area (Å²) in [5.74, 6) is -1.58. The van der Waals surface area contributed by atoms with Gasteiger partial charge in [-0.2, -0.15) is 0 Å². The predicted octanol–water partition coefficient (Wildman–Crippen LogP) is 1.98. The molecule has 0 radical (unpaired) electrons. The number of benzene rings is 1. The lowest BCUT2D eigenvalue weighted by Crippen LogP contribution is -2.19. The van der Waals surface area contributed by atoms with Gasteiger partial charge in [0.25, 0.3) is 5.91 Å². The van der Waals surface area contributed by atoms with Gasteiger partial charge in [-0.05, 0) is 24.3 Å². The molecule has 1 heterocycles. The Morgan fingerprint density at radius 1 is 0.962 bits per heavy atom. The van der Waals surface area contributed by atoms with Crippen LogP contribution in [-0.2, 0) is 19.1 Å². The van der Waals surface area contributed by atoms with Crippen LogP contribution in [0.1, 0.15) is 10.4 Å². The van der Waals surface area contributed by atoms with Crippen LogP contribution in [0.2, 0.25) is 0 Å². The molecule has 1 aromatic heterocycles. The SMILES string of the molecule is COC(=O)/C=C(/Nc1ccccc1C(=O)Nc1ccccn1)C(=O)OC. The van der Waals surface area contributed by atoms with Gasteiger partial charge in [0.15, 0.2) is 0 Å². The van der Waals surface area contributed by atoms with Crippen LogP contribution in [0.4, 0.5) is 11.5 Å². The van der Waals surface area contributed by atoms with Crippen LogP contribution < -0.4 is 10.6 Å². The summed E-state index contributed by atoms with van der Waals surface area (Å²) in [5, 5.41) is 5.38. The number of pyridine rings is 1. The quantitative estimate of drug-likeness (QED) is 0.603. The average Bonchev–Trinajstić information content (AvgIpc) is 2.67. The molecule has 0 aliphatic rings. The number of rotatable bonds is 6. The molecule has 2 N–H and O–H groups in total. The minimum Gasteiger partial charge on any atom is -0.466 e. The molecule has 8 heteroatoms. The van der Waals surface area contributed by atoms with Gasteiger partial charge in [-0.1, -0.05) is 18.2 Å². The molecule has 0 aliphatic heterocycles. The van der Waals surface area contributed by atoms with E-state index in [1.54, 1.807) is 48.7 Å². The Labute approximate surface area is 149 Å². The van der Waals surface area contributed by atoms with Crippen molar-refractivity contribution < 1.29 is 23.9 Å². The Bertz CT molecular complexity index is 834. The predicted molar refractivity (Wildman–Crippen MR) is 94.4 cm³/mol. The molecule has 8 nitrogen and oxygen atoms in total. The number of carbonyl (C=O) groups excluding carboxylic acids is 3. The van der Waals surface area contributed by atoms with Gasteiger partial charge in [0.05, 0.1) is 31.5 Å². The minimum atomic E-state index is -0.782. The van der Waals surface area contributed by atoms with E-state index in [0.29, 0.717) is 11.5 Å². The lowest BCUT2D eigenvalue weighted by molar-refractivity contribution is -0.138. The zero-order chi connectivity index (χ0) is 18.9.